The number of carbonyl (C=O) groups excluding carboxylic acids is 1. The summed E-state index contributed by atoms with van der Waals surface area (Å²) in [7, 11) is -2.69. The van der Waals surface area contributed by atoms with Crippen molar-refractivity contribution in [3.8, 4) is 0 Å². The maximum Gasteiger partial charge on any atom is 0.407 e. The van der Waals surface area contributed by atoms with Crippen molar-refractivity contribution in [1.82, 2.24) is 30.1 Å². The topological polar surface area (TPSA) is 150 Å². The van der Waals surface area contributed by atoms with Gasteiger partial charge in [-0.05, 0) is 45.1 Å². The lowest BCUT2D eigenvalue weighted by Gasteiger charge is -2.16. The average molecular weight is 487 g/mol. The van der Waals surface area contributed by atoms with E-state index < -0.39 is 9.73 Å². The first kappa shape index (κ1) is 22.6. The third kappa shape index (κ3) is 5.01. The van der Waals surface area contributed by atoms with Gasteiger partial charge in [-0.2, -0.15) is 10.2 Å². The van der Waals surface area contributed by atoms with E-state index in [0.29, 0.717) is 17.3 Å². The predicted molar refractivity (Wildman–Crippen MR) is 128 cm³/mol. The van der Waals surface area contributed by atoms with E-state index >= 15 is 0 Å². The average Bonchev–Trinajstić information content (AvgIpc) is 3.20. The predicted octanol–water partition coefficient (Wildman–Crippen LogP) is 3.68. The summed E-state index contributed by atoms with van der Waals surface area (Å²) in [5.41, 5.74) is 2.22. The number of nitrogens with one attached hydrogen (secondary N) is 4. The second-order valence-corrected chi connectivity index (χ2v) is 12.0. The molecule has 2 aliphatic carbocycles. The molecule has 4 N–H and O–H groups in total. The molecule has 1 amide bonds. The van der Waals surface area contributed by atoms with E-state index in [1.54, 1.807) is 29.9 Å². The lowest BCUT2D eigenvalue weighted by Crippen LogP contribution is -2.36. The molecule has 12 heteroatoms. The first-order valence-electron chi connectivity index (χ1n) is 11.6. The third-order valence-corrected chi connectivity index (χ3v) is 8.33. The van der Waals surface area contributed by atoms with Gasteiger partial charge in [0.2, 0.25) is 0 Å². The monoisotopic (exact) mass is 486 g/mol. The van der Waals surface area contributed by atoms with E-state index in [0.717, 1.165) is 43.3 Å². The van der Waals surface area contributed by atoms with Crippen LogP contribution in [0, 0.1) is 4.78 Å². The van der Waals surface area contributed by atoms with Crippen molar-refractivity contribution in [2.45, 2.75) is 69.3 Å². The van der Waals surface area contributed by atoms with Gasteiger partial charge in [-0.3, -0.25) is 9.88 Å². The van der Waals surface area contributed by atoms with Gasteiger partial charge in [0, 0.05) is 51.1 Å². The molecule has 11 nitrogen and oxygen atoms in total. The Kier molecular flexibility index (Phi) is 5.70. The number of hydrogen-bond acceptors (Lipinski definition) is 8. The maximum atomic E-state index is 12.2. The smallest absolute Gasteiger partial charge is 0.407 e. The van der Waals surface area contributed by atoms with Crippen LogP contribution >= 0.6 is 0 Å². The van der Waals surface area contributed by atoms with E-state index in [9.17, 15) is 9.00 Å². The quantitative estimate of drug-likeness (QED) is 0.379. The number of rotatable bonds is 8. The Morgan fingerprint density at radius 1 is 1.38 bits per heavy atom. The minimum atomic E-state index is -2.69. The summed E-state index contributed by atoms with van der Waals surface area (Å²) in [5, 5.41) is 18.1. The molecule has 0 radical (unpaired) electrons. The summed E-state index contributed by atoms with van der Waals surface area (Å²) in [6.45, 7) is 3.78. The Labute approximate surface area is 198 Å². The molecule has 3 aromatic heterocycles. The number of aromatic nitrogens is 5. The molecule has 2 aliphatic rings. The molecule has 0 saturated heterocycles. The van der Waals surface area contributed by atoms with E-state index in [1.165, 1.54) is 0 Å². The van der Waals surface area contributed by atoms with E-state index in [4.69, 9.17) is 9.52 Å². The van der Waals surface area contributed by atoms with E-state index in [-0.39, 0.29) is 35.2 Å². The van der Waals surface area contributed by atoms with Crippen LogP contribution in [0.5, 0.6) is 0 Å². The van der Waals surface area contributed by atoms with Crippen LogP contribution in [0.1, 0.15) is 63.3 Å². The number of nitrogens with zero attached hydrogens (tertiary/aromatic N) is 4. The first-order chi connectivity index (χ1) is 16.2. The molecule has 0 aliphatic heterocycles. The van der Waals surface area contributed by atoms with Crippen molar-refractivity contribution in [2.24, 2.45) is 0 Å². The van der Waals surface area contributed by atoms with Gasteiger partial charge >= 0.3 is 6.09 Å². The fourth-order valence-electron chi connectivity index (χ4n) is 4.28. The van der Waals surface area contributed by atoms with Crippen LogP contribution in [0.4, 0.5) is 16.4 Å². The van der Waals surface area contributed by atoms with Gasteiger partial charge in [0.15, 0.2) is 11.6 Å². The number of amides is 1. The molecule has 2 saturated carbocycles. The fraction of sp³-hybridized carbons (Fsp3) is 0.545. The molecular weight excluding hydrogens is 456 g/mol. The Morgan fingerprint density at radius 3 is 2.97 bits per heavy atom. The molecule has 3 atom stereocenters. The molecule has 5 rings (SSSR count). The van der Waals surface area contributed by atoms with Crippen molar-refractivity contribution in [1.29, 1.82) is 4.78 Å². The van der Waals surface area contributed by atoms with Crippen molar-refractivity contribution in [3.63, 3.8) is 0 Å². The van der Waals surface area contributed by atoms with E-state index in [2.05, 4.69) is 30.9 Å². The number of fused-ring (bicyclic) bond motifs is 1. The summed E-state index contributed by atoms with van der Waals surface area (Å²) in [6.07, 6.45) is 7.45. The third-order valence-electron chi connectivity index (χ3n) is 6.63. The van der Waals surface area contributed by atoms with Gasteiger partial charge in [-0.25, -0.2) is 18.5 Å². The Hall–Kier alpha value is -3.15. The SMILES string of the molecule is CCS(=N)(=O)Cc1cc2c(Nc3cc(C4CCC(OC(=O)NC5(C)CC5)C4)[nH]n3)nccn2n1. The fourth-order valence-corrected chi connectivity index (χ4v) is 5.10. The van der Waals surface area contributed by atoms with Crippen LogP contribution < -0.4 is 10.6 Å². The number of carbonyl (C=O) groups is 1. The zero-order chi connectivity index (χ0) is 23.9. The molecule has 3 unspecified atom stereocenters. The summed E-state index contributed by atoms with van der Waals surface area (Å²) in [6, 6.07) is 3.76. The van der Waals surface area contributed by atoms with Crippen LogP contribution in [0.2, 0.25) is 0 Å². The number of alkyl carbamates (subject to hydrolysis) is 1. The molecule has 34 heavy (non-hydrogen) atoms. The number of ether oxygens (including phenoxy) is 1. The standard InChI is InChI=1S/C22H30N8O3S/c1-3-34(23,32)13-15-11-18-20(24-8-9-30(18)29-15)25-19-12-17(27-28-19)14-4-5-16(10-14)33-21(31)26-22(2)6-7-22/h8-9,11-12,14,16,23H,3-7,10,13H2,1-2H3,(H,26,31)(H2,24,25,27,28). The van der Waals surface area contributed by atoms with Crippen LogP contribution in [-0.4, -0.2) is 52.5 Å². The van der Waals surface area contributed by atoms with Crippen molar-refractivity contribution >= 4 is 33.0 Å². The minimum Gasteiger partial charge on any atom is -0.446 e. The van der Waals surface area contributed by atoms with Gasteiger partial charge in [0.25, 0.3) is 0 Å². The van der Waals surface area contributed by atoms with Gasteiger partial charge < -0.3 is 15.4 Å². The van der Waals surface area contributed by atoms with Gasteiger partial charge in [-0.15, -0.1) is 0 Å². The molecule has 0 spiro atoms. The molecule has 2 fully saturated rings. The lowest BCUT2D eigenvalue weighted by atomic mass is 10.0. The van der Waals surface area contributed by atoms with Crippen LogP contribution in [-0.2, 0) is 20.2 Å². The zero-order valence-corrected chi connectivity index (χ0v) is 20.2. The second-order valence-electron chi connectivity index (χ2n) is 9.54. The second kappa shape index (κ2) is 8.57. The molecule has 0 bridgehead atoms. The zero-order valence-electron chi connectivity index (χ0n) is 19.3. The lowest BCUT2D eigenvalue weighted by molar-refractivity contribution is 0.0967. The number of hydrogen-bond donors (Lipinski definition) is 4. The first-order valence-corrected chi connectivity index (χ1v) is 13.5. The summed E-state index contributed by atoms with van der Waals surface area (Å²) in [5.74, 6) is 1.84. The van der Waals surface area contributed by atoms with Crippen molar-refractivity contribution in [3.05, 3.63) is 35.9 Å². The Bertz CT molecular complexity index is 1310. The molecule has 0 aromatic carbocycles. The summed E-state index contributed by atoms with van der Waals surface area (Å²) in [4.78, 5) is 16.5. The van der Waals surface area contributed by atoms with Gasteiger partial charge in [-0.1, -0.05) is 6.92 Å². The Balaban J connectivity index is 1.23. The molecule has 3 heterocycles. The number of H-pyrrole nitrogens is 1. The van der Waals surface area contributed by atoms with Crippen LogP contribution in [0.25, 0.3) is 5.52 Å². The number of aromatic amines is 1. The molecule has 182 valence electrons. The highest BCUT2D eigenvalue weighted by Crippen LogP contribution is 2.37. The van der Waals surface area contributed by atoms with Crippen LogP contribution in [0.3, 0.4) is 0 Å². The minimum absolute atomic E-state index is 0.0807. The van der Waals surface area contributed by atoms with Gasteiger partial charge in [0.05, 0.1) is 11.4 Å². The largest absolute Gasteiger partial charge is 0.446 e. The van der Waals surface area contributed by atoms with Crippen molar-refractivity contribution < 1.29 is 13.7 Å². The van der Waals surface area contributed by atoms with Gasteiger partial charge in [0.1, 0.15) is 11.6 Å². The highest BCUT2D eigenvalue weighted by atomic mass is 32.2. The number of anilines is 2. The summed E-state index contributed by atoms with van der Waals surface area (Å²) >= 11 is 0. The van der Waals surface area contributed by atoms with Crippen LogP contribution in [0.15, 0.2) is 24.5 Å². The summed E-state index contributed by atoms with van der Waals surface area (Å²) < 4.78 is 27.4. The molecule has 3 aromatic rings. The highest BCUT2D eigenvalue weighted by Gasteiger charge is 2.40. The van der Waals surface area contributed by atoms with E-state index in [1.807, 2.05) is 13.0 Å². The molecular formula is C22H30N8O3S. The maximum absolute atomic E-state index is 12.2. The normalized spacial score (nSPS) is 22.9. The Morgan fingerprint density at radius 2 is 2.21 bits per heavy atom. The highest BCUT2D eigenvalue weighted by molar-refractivity contribution is 7.91. The van der Waals surface area contributed by atoms with Crippen molar-refractivity contribution in [2.75, 3.05) is 11.1 Å².